The van der Waals surface area contributed by atoms with Gasteiger partial charge in [-0.2, -0.15) is 0 Å². The molecule has 0 saturated heterocycles. The fourth-order valence-electron chi connectivity index (χ4n) is 3.73. The Labute approximate surface area is 130 Å². The van der Waals surface area contributed by atoms with E-state index in [1.54, 1.807) is 6.07 Å². The number of nitrogens with zero attached hydrogens (tertiary/aromatic N) is 2. The molecule has 1 aromatic heterocycles. The molecule has 0 aliphatic heterocycles. The zero-order valence-corrected chi connectivity index (χ0v) is 13.2. The van der Waals surface area contributed by atoms with Gasteiger partial charge in [-0.25, -0.2) is 9.37 Å². The number of imidazole rings is 1. The van der Waals surface area contributed by atoms with Crippen molar-refractivity contribution >= 4 is 22.6 Å². The van der Waals surface area contributed by atoms with Crippen LogP contribution in [0, 0.1) is 11.7 Å². The molecular weight excluding hydrogens is 287 g/mol. The van der Waals surface area contributed by atoms with Gasteiger partial charge in [-0.15, -0.1) is 11.6 Å². The van der Waals surface area contributed by atoms with Crippen molar-refractivity contribution in [2.45, 2.75) is 57.4 Å². The molecule has 1 fully saturated rings. The SMILES string of the molecule is CCCC1CCC(n2c(CCl)nc3c(F)cccc32)CC1. The zero-order chi connectivity index (χ0) is 14.8. The van der Waals surface area contributed by atoms with Gasteiger partial charge in [0.15, 0.2) is 5.82 Å². The van der Waals surface area contributed by atoms with Crippen LogP contribution in [0.4, 0.5) is 4.39 Å². The topological polar surface area (TPSA) is 17.8 Å². The van der Waals surface area contributed by atoms with Crippen molar-refractivity contribution in [3.8, 4) is 0 Å². The lowest BCUT2D eigenvalue weighted by Crippen LogP contribution is -2.19. The summed E-state index contributed by atoms with van der Waals surface area (Å²) < 4.78 is 16.1. The molecule has 0 unspecified atom stereocenters. The standard InChI is InChI=1S/C17H22ClFN2/c1-2-4-12-7-9-13(10-8-12)21-15-6-3-5-14(19)17(15)20-16(21)11-18/h3,5-6,12-13H,2,4,7-11H2,1H3. The molecule has 0 N–H and O–H groups in total. The number of alkyl halides is 1. The molecule has 2 nitrogen and oxygen atoms in total. The average Bonchev–Trinajstić information content (AvgIpc) is 2.88. The number of halogens is 2. The van der Waals surface area contributed by atoms with Crippen molar-refractivity contribution in [3.05, 3.63) is 29.8 Å². The molecule has 0 amide bonds. The highest BCUT2D eigenvalue weighted by atomic mass is 35.5. The summed E-state index contributed by atoms with van der Waals surface area (Å²) in [6, 6.07) is 5.60. The van der Waals surface area contributed by atoms with Crippen LogP contribution >= 0.6 is 11.6 Å². The van der Waals surface area contributed by atoms with Crippen LogP contribution in [0.1, 0.15) is 57.3 Å². The summed E-state index contributed by atoms with van der Waals surface area (Å²) >= 11 is 6.05. The first-order valence-corrected chi connectivity index (χ1v) is 8.49. The smallest absolute Gasteiger partial charge is 0.151 e. The average molecular weight is 309 g/mol. The van der Waals surface area contributed by atoms with Gasteiger partial charge in [-0.05, 0) is 43.7 Å². The maximum absolute atomic E-state index is 13.9. The minimum absolute atomic E-state index is 0.253. The summed E-state index contributed by atoms with van der Waals surface area (Å²) in [7, 11) is 0. The highest BCUT2D eigenvalue weighted by Crippen LogP contribution is 2.37. The highest BCUT2D eigenvalue weighted by Gasteiger charge is 2.25. The Morgan fingerprint density at radius 2 is 2.05 bits per heavy atom. The minimum atomic E-state index is -0.253. The van der Waals surface area contributed by atoms with Gasteiger partial charge in [0.1, 0.15) is 11.3 Å². The van der Waals surface area contributed by atoms with Crippen LogP contribution in [0.5, 0.6) is 0 Å². The Bertz CT molecular complexity index is 615. The van der Waals surface area contributed by atoms with Gasteiger partial charge in [0, 0.05) is 6.04 Å². The van der Waals surface area contributed by atoms with Crippen LogP contribution in [0.15, 0.2) is 18.2 Å². The first kappa shape index (κ1) is 14.8. The van der Waals surface area contributed by atoms with Gasteiger partial charge in [0.05, 0.1) is 11.4 Å². The first-order valence-electron chi connectivity index (χ1n) is 7.95. The van der Waals surface area contributed by atoms with E-state index in [9.17, 15) is 4.39 Å². The molecule has 4 heteroatoms. The van der Waals surface area contributed by atoms with Crippen molar-refractivity contribution in [1.29, 1.82) is 0 Å². The van der Waals surface area contributed by atoms with Crippen molar-refractivity contribution in [2.24, 2.45) is 5.92 Å². The molecule has 1 aromatic carbocycles. The predicted molar refractivity (Wildman–Crippen MR) is 85.2 cm³/mol. The number of fused-ring (bicyclic) bond motifs is 1. The molecule has 0 atom stereocenters. The van der Waals surface area contributed by atoms with Crippen molar-refractivity contribution < 1.29 is 4.39 Å². The van der Waals surface area contributed by atoms with E-state index in [-0.39, 0.29) is 5.82 Å². The Balaban J connectivity index is 1.91. The molecule has 3 rings (SSSR count). The number of aromatic nitrogens is 2. The molecular formula is C17H22ClFN2. The number of para-hydroxylation sites is 1. The maximum Gasteiger partial charge on any atom is 0.151 e. The highest BCUT2D eigenvalue weighted by molar-refractivity contribution is 6.16. The maximum atomic E-state index is 13.9. The van der Waals surface area contributed by atoms with Crippen LogP contribution in [0.25, 0.3) is 11.0 Å². The molecule has 1 aliphatic carbocycles. The molecule has 1 heterocycles. The van der Waals surface area contributed by atoms with Crippen LogP contribution < -0.4 is 0 Å². The Morgan fingerprint density at radius 1 is 1.29 bits per heavy atom. The summed E-state index contributed by atoms with van der Waals surface area (Å²) in [6.07, 6.45) is 7.41. The molecule has 1 aliphatic rings. The van der Waals surface area contributed by atoms with E-state index in [2.05, 4.69) is 16.5 Å². The largest absolute Gasteiger partial charge is 0.324 e. The third kappa shape index (κ3) is 2.80. The van der Waals surface area contributed by atoms with E-state index < -0.39 is 0 Å². The molecule has 0 bridgehead atoms. The number of benzene rings is 1. The summed E-state index contributed by atoms with van der Waals surface area (Å²) in [4.78, 5) is 4.42. The fraction of sp³-hybridized carbons (Fsp3) is 0.588. The van der Waals surface area contributed by atoms with E-state index in [1.165, 1.54) is 31.7 Å². The number of rotatable bonds is 4. The lowest BCUT2D eigenvalue weighted by molar-refractivity contribution is 0.263. The van der Waals surface area contributed by atoms with Gasteiger partial charge < -0.3 is 4.57 Å². The molecule has 21 heavy (non-hydrogen) atoms. The van der Waals surface area contributed by atoms with E-state index >= 15 is 0 Å². The molecule has 0 spiro atoms. The summed E-state index contributed by atoms with van der Waals surface area (Å²) in [5.74, 6) is 1.74. The van der Waals surface area contributed by atoms with E-state index in [4.69, 9.17) is 11.6 Å². The van der Waals surface area contributed by atoms with Gasteiger partial charge in [-0.3, -0.25) is 0 Å². The molecule has 114 valence electrons. The molecule has 2 aromatic rings. The van der Waals surface area contributed by atoms with Crippen molar-refractivity contribution in [1.82, 2.24) is 9.55 Å². The minimum Gasteiger partial charge on any atom is -0.324 e. The monoisotopic (exact) mass is 308 g/mol. The third-order valence-corrected chi connectivity index (χ3v) is 4.98. The van der Waals surface area contributed by atoms with Crippen LogP contribution in [0.2, 0.25) is 0 Å². The van der Waals surface area contributed by atoms with E-state index in [0.717, 1.165) is 30.1 Å². The second-order valence-corrected chi connectivity index (χ2v) is 6.37. The Morgan fingerprint density at radius 3 is 2.71 bits per heavy atom. The van der Waals surface area contributed by atoms with Gasteiger partial charge in [-0.1, -0.05) is 25.8 Å². The second kappa shape index (κ2) is 6.35. The quantitative estimate of drug-likeness (QED) is 0.687. The van der Waals surface area contributed by atoms with Crippen LogP contribution in [0.3, 0.4) is 0 Å². The van der Waals surface area contributed by atoms with E-state index in [1.807, 2.05) is 6.07 Å². The molecule has 0 radical (unpaired) electrons. The lowest BCUT2D eigenvalue weighted by atomic mass is 9.83. The van der Waals surface area contributed by atoms with Crippen molar-refractivity contribution in [2.75, 3.05) is 0 Å². The molecule has 1 saturated carbocycles. The van der Waals surface area contributed by atoms with Crippen LogP contribution in [-0.2, 0) is 5.88 Å². The van der Waals surface area contributed by atoms with Crippen LogP contribution in [-0.4, -0.2) is 9.55 Å². The van der Waals surface area contributed by atoms with Crippen molar-refractivity contribution in [3.63, 3.8) is 0 Å². The zero-order valence-electron chi connectivity index (χ0n) is 12.5. The summed E-state index contributed by atoms with van der Waals surface area (Å²) in [6.45, 7) is 2.25. The second-order valence-electron chi connectivity index (χ2n) is 6.10. The normalized spacial score (nSPS) is 22.8. The Hall–Kier alpha value is -1.09. The Kier molecular flexibility index (Phi) is 4.48. The number of hydrogen-bond acceptors (Lipinski definition) is 1. The van der Waals surface area contributed by atoms with E-state index in [0.29, 0.717) is 17.4 Å². The predicted octanol–water partition coefficient (Wildman–Crippen LogP) is 5.45. The van der Waals surface area contributed by atoms with Gasteiger partial charge in [0.2, 0.25) is 0 Å². The number of hydrogen-bond donors (Lipinski definition) is 0. The van der Waals surface area contributed by atoms with Gasteiger partial charge >= 0.3 is 0 Å². The fourth-order valence-corrected chi connectivity index (χ4v) is 3.92. The first-order chi connectivity index (χ1) is 10.2. The summed E-state index contributed by atoms with van der Waals surface area (Å²) in [5, 5.41) is 0. The summed E-state index contributed by atoms with van der Waals surface area (Å²) in [5.41, 5.74) is 1.36. The van der Waals surface area contributed by atoms with Gasteiger partial charge in [0.25, 0.3) is 0 Å². The third-order valence-electron chi connectivity index (χ3n) is 4.74. The lowest BCUT2D eigenvalue weighted by Gasteiger charge is -2.30.